The van der Waals surface area contributed by atoms with E-state index in [1.807, 2.05) is 25.3 Å². The molecule has 1 aromatic heterocycles. The van der Waals surface area contributed by atoms with Crippen molar-refractivity contribution in [3.63, 3.8) is 0 Å². The lowest BCUT2D eigenvalue weighted by molar-refractivity contribution is -0.137. The maximum atomic E-state index is 13.3. The third-order valence-electron chi connectivity index (χ3n) is 6.31. The van der Waals surface area contributed by atoms with Crippen molar-refractivity contribution in [3.8, 4) is 0 Å². The number of alkyl halides is 3. The number of allylic oxidation sites excluding steroid dienone is 1. The predicted octanol–water partition coefficient (Wildman–Crippen LogP) is 5.28. The second kappa shape index (κ2) is 11.0. The molecular formula is C27H31F3N4. The average Bonchev–Trinajstić information content (AvgIpc) is 3.28. The lowest BCUT2D eigenvalue weighted by Gasteiger charge is -2.20. The van der Waals surface area contributed by atoms with Gasteiger partial charge in [-0.25, -0.2) is 0 Å². The highest BCUT2D eigenvalue weighted by molar-refractivity contribution is 5.85. The molecule has 0 aliphatic carbocycles. The third kappa shape index (κ3) is 6.15. The number of likely N-dealkylation sites (tertiary alicyclic amines) is 1. The Balaban J connectivity index is 1.39. The molecule has 0 radical (unpaired) electrons. The van der Waals surface area contributed by atoms with Crippen LogP contribution in [0.25, 0.3) is 10.8 Å². The van der Waals surface area contributed by atoms with E-state index in [9.17, 15) is 13.2 Å². The summed E-state index contributed by atoms with van der Waals surface area (Å²) in [6.45, 7) is 5.43. The average molecular weight is 469 g/mol. The zero-order valence-corrected chi connectivity index (χ0v) is 19.4. The van der Waals surface area contributed by atoms with Gasteiger partial charge < -0.3 is 10.6 Å². The van der Waals surface area contributed by atoms with Gasteiger partial charge in [0.25, 0.3) is 0 Å². The van der Waals surface area contributed by atoms with E-state index in [0.29, 0.717) is 31.1 Å². The first-order chi connectivity index (χ1) is 16.4. The summed E-state index contributed by atoms with van der Waals surface area (Å²) in [7, 11) is 0. The minimum absolute atomic E-state index is 0.303. The van der Waals surface area contributed by atoms with Crippen LogP contribution in [0.4, 0.5) is 13.2 Å². The molecule has 3 aromatic rings. The van der Waals surface area contributed by atoms with Crippen LogP contribution >= 0.6 is 0 Å². The van der Waals surface area contributed by atoms with Crippen molar-refractivity contribution in [1.82, 2.24) is 20.5 Å². The third-order valence-corrected chi connectivity index (χ3v) is 6.31. The summed E-state index contributed by atoms with van der Waals surface area (Å²) in [6, 6.07) is 16.3. The fraction of sp³-hybridized carbons (Fsp3) is 0.370. The van der Waals surface area contributed by atoms with Gasteiger partial charge in [-0.2, -0.15) is 13.2 Å². The molecule has 1 unspecified atom stereocenters. The Morgan fingerprint density at radius 2 is 1.94 bits per heavy atom. The number of nitrogens with zero attached hydrogens (tertiary/aromatic N) is 2. The second-order valence-corrected chi connectivity index (χ2v) is 8.77. The van der Waals surface area contributed by atoms with E-state index in [4.69, 9.17) is 0 Å². The molecular weight excluding hydrogens is 437 g/mol. The van der Waals surface area contributed by atoms with Gasteiger partial charge in [-0.05, 0) is 47.5 Å². The molecule has 4 rings (SSSR count). The molecule has 2 N–H and O–H groups in total. The number of rotatable bonds is 9. The van der Waals surface area contributed by atoms with Gasteiger partial charge in [-0.15, -0.1) is 0 Å². The van der Waals surface area contributed by atoms with Crippen molar-refractivity contribution in [2.45, 2.75) is 45.1 Å². The minimum Gasteiger partial charge on any atom is -0.391 e. The van der Waals surface area contributed by atoms with Crippen molar-refractivity contribution in [2.75, 3.05) is 19.6 Å². The molecule has 7 heteroatoms. The molecule has 1 atom stereocenters. The van der Waals surface area contributed by atoms with Gasteiger partial charge in [-0.3, -0.25) is 9.88 Å². The number of aromatic nitrogens is 1. The van der Waals surface area contributed by atoms with Crippen molar-refractivity contribution < 1.29 is 13.2 Å². The fourth-order valence-electron chi connectivity index (χ4n) is 4.53. The Morgan fingerprint density at radius 3 is 2.76 bits per heavy atom. The van der Waals surface area contributed by atoms with E-state index < -0.39 is 11.7 Å². The second-order valence-electron chi connectivity index (χ2n) is 8.77. The monoisotopic (exact) mass is 468 g/mol. The van der Waals surface area contributed by atoms with Gasteiger partial charge in [0, 0.05) is 57.1 Å². The minimum atomic E-state index is -4.39. The van der Waals surface area contributed by atoms with Crippen LogP contribution in [0.1, 0.15) is 35.7 Å². The number of fused-ring (bicyclic) bond motifs is 1. The Morgan fingerprint density at radius 1 is 1.12 bits per heavy atom. The highest BCUT2D eigenvalue weighted by atomic mass is 19.4. The van der Waals surface area contributed by atoms with Crippen LogP contribution < -0.4 is 10.6 Å². The first-order valence-corrected chi connectivity index (χ1v) is 11.8. The van der Waals surface area contributed by atoms with Crippen molar-refractivity contribution in [2.24, 2.45) is 0 Å². The van der Waals surface area contributed by atoms with Gasteiger partial charge in [-0.1, -0.05) is 48.5 Å². The van der Waals surface area contributed by atoms with E-state index in [1.54, 1.807) is 0 Å². The van der Waals surface area contributed by atoms with Gasteiger partial charge in [0.2, 0.25) is 0 Å². The SMILES string of the molecule is C/C=C\NCCc1ncc(C(F)(F)F)cc1CN1CCC(NCc2cccc3ccccc23)C1. The molecule has 0 spiro atoms. The predicted molar refractivity (Wildman–Crippen MR) is 130 cm³/mol. The molecule has 34 heavy (non-hydrogen) atoms. The van der Waals surface area contributed by atoms with Crippen LogP contribution in [0.3, 0.4) is 0 Å². The maximum Gasteiger partial charge on any atom is 0.417 e. The van der Waals surface area contributed by atoms with E-state index in [-0.39, 0.29) is 0 Å². The van der Waals surface area contributed by atoms with Crippen molar-refractivity contribution >= 4 is 10.8 Å². The van der Waals surface area contributed by atoms with Crippen molar-refractivity contribution in [1.29, 1.82) is 0 Å². The zero-order valence-electron chi connectivity index (χ0n) is 19.4. The number of pyridine rings is 1. The van der Waals surface area contributed by atoms with E-state index in [0.717, 1.165) is 37.9 Å². The topological polar surface area (TPSA) is 40.2 Å². The molecule has 0 amide bonds. The van der Waals surface area contributed by atoms with Gasteiger partial charge in [0.15, 0.2) is 0 Å². The Hall–Kier alpha value is -2.90. The zero-order chi connectivity index (χ0) is 24.0. The summed E-state index contributed by atoms with van der Waals surface area (Å²) in [5, 5.41) is 9.26. The van der Waals surface area contributed by atoms with Crippen molar-refractivity contribution in [3.05, 3.63) is 89.4 Å². The van der Waals surface area contributed by atoms with Gasteiger partial charge in [0.05, 0.1) is 5.56 Å². The van der Waals surface area contributed by atoms with Crippen LogP contribution in [0.15, 0.2) is 67.0 Å². The lowest BCUT2D eigenvalue weighted by atomic mass is 10.0. The molecule has 180 valence electrons. The summed E-state index contributed by atoms with van der Waals surface area (Å²) in [6.07, 6.45) is 1.82. The first-order valence-electron chi connectivity index (χ1n) is 11.8. The molecule has 4 nitrogen and oxygen atoms in total. The summed E-state index contributed by atoms with van der Waals surface area (Å²) in [5.74, 6) is 0. The number of halogens is 3. The molecule has 1 aliphatic rings. The number of hydrogen-bond donors (Lipinski definition) is 2. The Kier molecular flexibility index (Phi) is 7.85. The number of hydrogen-bond acceptors (Lipinski definition) is 4. The number of benzene rings is 2. The Bertz CT molecular complexity index is 1120. The molecule has 0 bridgehead atoms. The van der Waals surface area contributed by atoms with E-state index in [2.05, 4.69) is 56.9 Å². The van der Waals surface area contributed by atoms with Crippen LogP contribution in [-0.4, -0.2) is 35.6 Å². The lowest BCUT2D eigenvalue weighted by Crippen LogP contribution is -2.32. The quantitative estimate of drug-likeness (QED) is 0.419. The van der Waals surface area contributed by atoms with Gasteiger partial charge in [0.1, 0.15) is 0 Å². The highest BCUT2D eigenvalue weighted by Crippen LogP contribution is 2.30. The summed E-state index contributed by atoms with van der Waals surface area (Å²) < 4.78 is 39.9. The largest absolute Gasteiger partial charge is 0.417 e. The molecule has 2 heterocycles. The molecule has 1 aliphatic heterocycles. The molecule has 0 saturated carbocycles. The molecule has 1 fully saturated rings. The highest BCUT2D eigenvalue weighted by Gasteiger charge is 2.32. The number of nitrogens with one attached hydrogen (secondary N) is 2. The smallest absolute Gasteiger partial charge is 0.391 e. The van der Waals surface area contributed by atoms with E-state index in [1.165, 1.54) is 22.4 Å². The van der Waals surface area contributed by atoms with Gasteiger partial charge >= 0.3 is 6.18 Å². The maximum absolute atomic E-state index is 13.3. The van der Waals surface area contributed by atoms with E-state index >= 15 is 0 Å². The van der Waals surface area contributed by atoms with Crippen LogP contribution in [-0.2, 0) is 25.7 Å². The first kappa shape index (κ1) is 24.2. The van der Waals surface area contributed by atoms with Crippen LogP contribution in [0.2, 0.25) is 0 Å². The van der Waals surface area contributed by atoms with Crippen LogP contribution in [0.5, 0.6) is 0 Å². The summed E-state index contributed by atoms with van der Waals surface area (Å²) in [5.41, 5.74) is 1.95. The normalized spacial score (nSPS) is 17.1. The summed E-state index contributed by atoms with van der Waals surface area (Å²) in [4.78, 5) is 6.41. The molecule has 1 saturated heterocycles. The summed E-state index contributed by atoms with van der Waals surface area (Å²) >= 11 is 0. The standard InChI is InChI=1S/C27H31F3N4/c1-2-12-31-13-10-26-22(15-23(17-33-26)27(28,29)30)18-34-14-11-24(19-34)32-16-21-8-5-7-20-6-3-4-9-25(20)21/h2-9,12,15,17,24,31-32H,10-11,13-14,16,18-19H2,1H3/b12-2-. The Labute approximate surface area is 198 Å². The fourth-order valence-corrected chi connectivity index (χ4v) is 4.53. The molecule has 2 aromatic carbocycles. The van der Waals surface area contributed by atoms with Crippen LogP contribution in [0, 0.1) is 0 Å².